The van der Waals surface area contributed by atoms with Crippen LogP contribution >= 0.6 is 22.6 Å². The van der Waals surface area contributed by atoms with Gasteiger partial charge in [0, 0.05) is 12.1 Å². The van der Waals surface area contributed by atoms with Gasteiger partial charge in [0.15, 0.2) is 5.75 Å². The van der Waals surface area contributed by atoms with Crippen molar-refractivity contribution in [3.63, 3.8) is 0 Å². The average molecular weight is 380 g/mol. The summed E-state index contributed by atoms with van der Waals surface area (Å²) in [5.74, 6) is -0.239. The first-order chi connectivity index (χ1) is 8.60. The molecule has 0 saturated carbocycles. The van der Waals surface area contributed by atoms with Crippen molar-refractivity contribution >= 4 is 40.1 Å². The molecule has 0 aliphatic rings. The fraction of sp³-hybridized carbons (Fsp3) is 0.364. The molecule has 0 aliphatic heterocycles. The topological polar surface area (TPSA) is 102 Å². The van der Waals surface area contributed by atoms with E-state index in [-0.39, 0.29) is 20.7 Å². The van der Waals surface area contributed by atoms with Gasteiger partial charge < -0.3 is 9.84 Å². The van der Waals surface area contributed by atoms with E-state index in [9.17, 15) is 20.0 Å². The molecule has 0 aromatic heterocycles. The number of nitrogens with one attached hydrogen (secondary N) is 1. The van der Waals surface area contributed by atoms with Crippen LogP contribution in [0.1, 0.15) is 20.8 Å². The van der Waals surface area contributed by atoms with Crippen molar-refractivity contribution in [3.8, 4) is 5.75 Å². The second-order valence-corrected chi connectivity index (χ2v) is 5.87. The molecule has 19 heavy (non-hydrogen) atoms. The van der Waals surface area contributed by atoms with Crippen molar-refractivity contribution in [2.24, 2.45) is 0 Å². The summed E-state index contributed by atoms with van der Waals surface area (Å²) < 4.78 is 5.27. The number of hydrogen-bond donors (Lipinski definition) is 2. The van der Waals surface area contributed by atoms with E-state index in [4.69, 9.17) is 4.74 Å². The maximum atomic E-state index is 11.6. The van der Waals surface area contributed by atoms with Gasteiger partial charge in [-0.25, -0.2) is 4.79 Å². The number of aromatic hydroxyl groups is 1. The summed E-state index contributed by atoms with van der Waals surface area (Å²) in [4.78, 5) is 21.7. The molecule has 104 valence electrons. The first-order valence-electron chi connectivity index (χ1n) is 5.27. The molecule has 1 aromatic rings. The van der Waals surface area contributed by atoms with Gasteiger partial charge in [0.2, 0.25) is 0 Å². The lowest BCUT2D eigenvalue weighted by Gasteiger charge is -2.20. The quantitative estimate of drug-likeness (QED) is 0.355. The van der Waals surface area contributed by atoms with Crippen LogP contribution in [0.4, 0.5) is 16.2 Å². The van der Waals surface area contributed by atoms with Crippen molar-refractivity contribution in [1.82, 2.24) is 0 Å². The largest absolute Gasteiger partial charge is 0.505 e. The predicted molar refractivity (Wildman–Crippen MR) is 77.3 cm³/mol. The number of hydrogen-bond acceptors (Lipinski definition) is 5. The van der Waals surface area contributed by atoms with E-state index in [1.165, 1.54) is 6.07 Å². The zero-order valence-corrected chi connectivity index (χ0v) is 12.7. The molecule has 0 saturated heterocycles. The molecule has 1 amide bonds. The highest BCUT2D eigenvalue weighted by Crippen LogP contribution is 2.33. The van der Waals surface area contributed by atoms with Gasteiger partial charge in [-0.05, 0) is 43.4 Å². The number of ether oxygens (including phenoxy) is 1. The van der Waals surface area contributed by atoms with Crippen molar-refractivity contribution in [1.29, 1.82) is 0 Å². The van der Waals surface area contributed by atoms with Crippen LogP contribution in [-0.2, 0) is 4.74 Å². The number of nitro groups is 1. The lowest BCUT2D eigenvalue weighted by molar-refractivity contribution is -0.384. The van der Waals surface area contributed by atoms with E-state index in [1.807, 2.05) is 0 Å². The van der Waals surface area contributed by atoms with Gasteiger partial charge in [0.1, 0.15) is 5.60 Å². The summed E-state index contributed by atoms with van der Waals surface area (Å²) >= 11 is 1.74. The third-order valence-corrected chi connectivity index (χ3v) is 2.72. The van der Waals surface area contributed by atoms with Crippen LogP contribution in [-0.4, -0.2) is 21.7 Å². The first-order valence-corrected chi connectivity index (χ1v) is 6.35. The van der Waals surface area contributed by atoms with Crippen molar-refractivity contribution < 1.29 is 19.6 Å². The number of phenolic OH excluding ortho intramolecular Hbond substituents is 1. The zero-order valence-electron chi connectivity index (χ0n) is 10.6. The molecule has 0 heterocycles. The van der Waals surface area contributed by atoms with Crippen LogP contribution in [0, 0.1) is 13.7 Å². The molecule has 7 nitrogen and oxygen atoms in total. The minimum absolute atomic E-state index is 0.0622. The number of nitrogens with zero attached hydrogens (tertiary/aromatic N) is 1. The van der Waals surface area contributed by atoms with Gasteiger partial charge in [-0.2, -0.15) is 0 Å². The Balaban J connectivity index is 3.01. The summed E-state index contributed by atoms with van der Waals surface area (Å²) in [6.45, 7) is 5.05. The Morgan fingerprint density at radius 3 is 2.53 bits per heavy atom. The van der Waals surface area contributed by atoms with Crippen LogP contribution in [0.25, 0.3) is 0 Å². The predicted octanol–water partition coefficient (Wildman–Crippen LogP) is 3.25. The molecule has 0 fully saturated rings. The molecule has 0 spiro atoms. The van der Waals surface area contributed by atoms with E-state index in [2.05, 4.69) is 5.32 Å². The van der Waals surface area contributed by atoms with Crippen LogP contribution < -0.4 is 5.32 Å². The summed E-state index contributed by atoms with van der Waals surface area (Å²) in [7, 11) is 0. The zero-order chi connectivity index (χ0) is 14.8. The minimum atomic E-state index is -0.793. The van der Waals surface area contributed by atoms with Crippen LogP contribution in [0.15, 0.2) is 12.1 Å². The molecule has 0 atom stereocenters. The van der Waals surface area contributed by atoms with E-state index in [0.717, 1.165) is 6.07 Å². The van der Waals surface area contributed by atoms with Gasteiger partial charge >= 0.3 is 6.09 Å². The summed E-state index contributed by atoms with van der Waals surface area (Å²) in [6.07, 6.45) is -0.793. The summed E-state index contributed by atoms with van der Waals surface area (Å²) in [6, 6.07) is 2.28. The average Bonchev–Trinajstić information content (AvgIpc) is 2.21. The highest BCUT2D eigenvalue weighted by molar-refractivity contribution is 14.1. The smallest absolute Gasteiger partial charge is 0.412 e. The number of benzene rings is 1. The minimum Gasteiger partial charge on any atom is -0.505 e. The molecular formula is C11H13IN2O5. The van der Waals surface area contributed by atoms with Crippen molar-refractivity contribution in [3.05, 3.63) is 25.8 Å². The van der Waals surface area contributed by atoms with E-state index >= 15 is 0 Å². The molecule has 0 radical (unpaired) electrons. The third-order valence-electron chi connectivity index (χ3n) is 1.89. The number of anilines is 1. The molecule has 0 bridgehead atoms. The highest BCUT2D eigenvalue weighted by atomic mass is 127. The summed E-state index contributed by atoms with van der Waals surface area (Å²) in [5, 5.41) is 22.7. The fourth-order valence-electron chi connectivity index (χ4n) is 1.20. The van der Waals surface area contributed by atoms with Gasteiger partial charge in [-0.3, -0.25) is 15.4 Å². The van der Waals surface area contributed by atoms with Gasteiger partial charge in [-0.1, -0.05) is 0 Å². The number of rotatable bonds is 2. The van der Waals surface area contributed by atoms with E-state index < -0.39 is 16.6 Å². The molecule has 2 N–H and O–H groups in total. The third kappa shape index (κ3) is 4.54. The number of carbonyl (C=O) groups excluding carboxylic acids is 1. The van der Waals surface area contributed by atoms with E-state index in [0.29, 0.717) is 0 Å². The lowest BCUT2D eigenvalue weighted by atomic mass is 10.2. The van der Waals surface area contributed by atoms with Crippen LogP contribution in [0.2, 0.25) is 0 Å². The van der Waals surface area contributed by atoms with E-state index in [1.54, 1.807) is 43.4 Å². The number of phenols is 1. The monoisotopic (exact) mass is 380 g/mol. The Bertz CT molecular complexity index is 525. The van der Waals surface area contributed by atoms with Crippen molar-refractivity contribution in [2.45, 2.75) is 26.4 Å². The maximum absolute atomic E-state index is 11.6. The number of nitro benzene ring substituents is 1. The molecular weight excluding hydrogens is 367 g/mol. The standard InChI is InChI=1S/C11H13IN2O5/c1-11(2,3)19-10(16)13-8-5-6(14(17)18)4-7(12)9(8)15/h4-5,15H,1-3H3,(H,13,16). The number of carbonyl (C=O) groups is 1. The number of non-ortho nitro benzene ring substituents is 1. The number of amides is 1. The van der Waals surface area contributed by atoms with Crippen LogP contribution in [0.5, 0.6) is 5.75 Å². The fourth-order valence-corrected chi connectivity index (χ4v) is 1.81. The molecule has 0 unspecified atom stereocenters. The number of halogens is 1. The van der Waals surface area contributed by atoms with Gasteiger partial charge in [0.25, 0.3) is 5.69 Å². The first kappa shape index (κ1) is 15.5. The normalized spacial score (nSPS) is 10.9. The SMILES string of the molecule is CC(C)(C)OC(=O)Nc1cc([N+](=O)[O-])cc(I)c1O. The van der Waals surface area contributed by atoms with Gasteiger partial charge in [0.05, 0.1) is 14.2 Å². The van der Waals surface area contributed by atoms with Gasteiger partial charge in [-0.15, -0.1) is 0 Å². The Kier molecular flexibility index (Phi) is 4.56. The molecule has 1 rings (SSSR count). The Morgan fingerprint density at radius 2 is 2.05 bits per heavy atom. The Morgan fingerprint density at radius 1 is 1.47 bits per heavy atom. The Hall–Kier alpha value is -1.58. The second-order valence-electron chi connectivity index (χ2n) is 4.71. The Labute approximate surface area is 123 Å². The van der Waals surface area contributed by atoms with Crippen molar-refractivity contribution in [2.75, 3.05) is 5.32 Å². The van der Waals surface area contributed by atoms with Crippen LogP contribution in [0.3, 0.4) is 0 Å². The summed E-state index contributed by atoms with van der Waals surface area (Å²) in [5.41, 5.74) is -0.991. The highest BCUT2D eigenvalue weighted by Gasteiger charge is 2.20. The maximum Gasteiger partial charge on any atom is 0.412 e. The second kappa shape index (κ2) is 5.59. The molecule has 1 aromatic carbocycles. The molecule has 8 heteroatoms. The molecule has 0 aliphatic carbocycles. The lowest BCUT2D eigenvalue weighted by Crippen LogP contribution is -2.27.